The van der Waals surface area contributed by atoms with Gasteiger partial charge in [0.15, 0.2) is 0 Å². The SMILES string of the molecule is [2H]c1c([2H])c([2H])c2c(-c3cc4oc5ccc6ccccc6c5c4c4ccccc34)c3c([2H])c([2H])c([2H])c([2H])c3c(-c3ccc(-c4cccc5c4oc4ccccc45)cc3)c2c1[2H].[2H]c1c([2H])c([2H])c2c(-c3ccc4c(c3)oc3ccc5ccccc5c34)c3c([2H])c([2H])c([2H])c([2H])c3c(-c3ccc4c(c3)oc3c5ccccc5ccc43)c2c1[2H].[2H]c1c([2H])c([2H])c2c(-c3cccc4oc5ccccc5c34)c3c([2H])c([2H])c([2H])c([2H])c3c(-c3ccc4c(c3)oc3c5ccccc5c5ccccc5c43)c2c1[2H]. The molecule has 0 atom stereocenters. The van der Waals surface area contributed by atoms with Crippen LogP contribution in [-0.2, 0) is 0 Å². The lowest BCUT2D eigenvalue weighted by Crippen LogP contribution is -1.92. The molecule has 6 nitrogen and oxygen atoms in total. The van der Waals surface area contributed by atoms with Crippen molar-refractivity contribution in [2.75, 3.05) is 0 Å². The Bertz CT molecular complexity index is 13100. The van der Waals surface area contributed by atoms with Crippen molar-refractivity contribution in [3.8, 4) is 77.9 Å². The molecule has 0 spiro atoms. The molecule has 150 heavy (non-hydrogen) atoms. The topological polar surface area (TPSA) is 78.8 Å². The first-order chi connectivity index (χ1) is 84.4. The van der Waals surface area contributed by atoms with E-state index in [4.69, 9.17) is 43.0 Å². The highest BCUT2D eigenvalue weighted by molar-refractivity contribution is 6.35. The van der Waals surface area contributed by atoms with Crippen LogP contribution in [-0.4, -0.2) is 0 Å². The Kier molecular flexibility index (Phi) is 13.8. The van der Waals surface area contributed by atoms with Crippen molar-refractivity contribution < 1.29 is 59.4 Å². The average molecular weight is 1930 g/mol. The van der Waals surface area contributed by atoms with E-state index in [9.17, 15) is 16.4 Å². The lowest BCUT2D eigenvalue weighted by atomic mass is 9.84. The van der Waals surface area contributed by atoms with E-state index in [0.717, 1.165) is 146 Å². The van der Waals surface area contributed by atoms with Crippen LogP contribution in [0.3, 0.4) is 0 Å². The largest absolute Gasteiger partial charge is 0.456 e. The summed E-state index contributed by atoms with van der Waals surface area (Å²) in [6.45, 7) is 0. The van der Waals surface area contributed by atoms with E-state index in [-0.39, 0.29) is 171 Å². The monoisotopic (exact) mass is 1930 g/mol. The number of para-hydroxylation sites is 3. The number of benzene rings is 28. The molecule has 34 rings (SSSR count). The molecule has 34 aromatic rings. The summed E-state index contributed by atoms with van der Waals surface area (Å²) in [4.78, 5) is 0. The first-order valence-electron chi connectivity index (χ1n) is 61.4. The van der Waals surface area contributed by atoms with Crippen molar-refractivity contribution in [1.82, 2.24) is 0 Å². The number of hydrogen-bond donors (Lipinski definition) is 0. The lowest BCUT2D eigenvalue weighted by molar-refractivity contribution is 0.668. The number of furan rings is 6. The Hall–Kier alpha value is -19.9. The molecule has 6 heterocycles. The number of fused-ring (bicyclic) bond motifs is 37. The zero-order chi connectivity index (χ0) is 119. The van der Waals surface area contributed by atoms with E-state index in [1.165, 1.54) is 0 Å². The highest BCUT2D eigenvalue weighted by Crippen LogP contribution is 2.55. The van der Waals surface area contributed by atoms with Gasteiger partial charge in [-0.3, -0.25) is 0 Å². The van der Waals surface area contributed by atoms with Gasteiger partial charge in [-0.2, -0.15) is 0 Å². The van der Waals surface area contributed by atoms with E-state index >= 15 is 0 Å². The molecule has 6 aromatic heterocycles. The zero-order valence-corrected chi connectivity index (χ0v) is 78.9. The molecule has 0 saturated carbocycles. The van der Waals surface area contributed by atoms with Gasteiger partial charge in [0.1, 0.15) is 67.0 Å². The molecule has 0 radical (unpaired) electrons. The van der Waals surface area contributed by atoms with Gasteiger partial charge < -0.3 is 26.5 Å². The quantitative estimate of drug-likeness (QED) is 0.117. The van der Waals surface area contributed by atoms with Crippen molar-refractivity contribution in [3.63, 3.8) is 0 Å². The standard InChI is InChI=1S/C52H30O2.2C46H26O2/c1-2-13-34-31(12-1)28-29-46-50(34)51-38-16-4-3-14-36(38)44(30-47(51)53-46)49-41-19-7-5-17-39(41)48(40-18-6-8-20-42(40)49)33-26-24-32(25-27-33)35-21-11-22-43-37-15-9-10-23-45(37)54-52(35)43;1-3-14-30-28(12-1)29-13-2-8-19-35(29)46-45(30)37-25-24-27(26-41(37)48-46)42-31-15-4-6-17-33(31)43(34-18-7-5-16-32(34)42)38-21-11-23-40-44(38)36-20-9-10-22-39(36)47-40;1-3-11-31-27(9-1)20-24-40-45(31)39-23-19-30(26-42(39)47-40)44-36-15-7-5-13-34(36)43(35-14-6-8-16-37(35)44)29-18-21-33-38-22-17-28-10-2-4-12-32(28)46(38)48-41(33)25-29/h1-30H;2*1-26H/i5D,6D,7D,8D,17D,18D,19D,20D;4D,5D,6D,7D,15D,16D,17D,18D;5D,6D,7D,8D,13D,14D,15D,16D. The van der Waals surface area contributed by atoms with Crippen LogP contribution in [0.2, 0.25) is 0 Å². The second kappa shape index (κ2) is 32.8. The maximum Gasteiger partial charge on any atom is 0.143 e. The Morgan fingerprint density at radius 3 is 0.993 bits per heavy atom. The van der Waals surface area contributed by atoms with Crippen LogP contribution in [0.15, 0.2) is 523 Å². The van der Waals surface area contributed by atoms with E-state index in [1.807, 2.05) is 303 Å². The fraction of sp³-hybridized carbons (Fsp3) is 0. The van der Waals surface area contributed by atoms with Crippen LogP contribution in [0, 0.1) is 0 Å². The van der Waals surface area contributed by atoms with E-state index < -0.39 is 72.5 Å². The summed E-state index contributed by atoms with van der Waals surface area (Å²) < 4.78 is 259. The van der Waals surface area contributed by atoms with Gasteiger partial charge in [-0.1, -0.05) is 418 Å². The third-order valence-electron chi connectivity index (χ3n) is 30.3. The average Bonchev–Trinajstić information content (AvgIpc) is 1.33. The zero-order valence-electron chi connectivity index (χ0n) is 103. The lowest BCUT2D eigenvalue weighted by Gasteiger charge is -2.19. The van der Waals surface area contributed by atoms with Crippen LogP contribution < -0.4 is 0 Å². The minimum absolute atomic E-state index is 0.139. The molecule has 0 aliphatic carbocycles. The van der Waals surface area contributed by atoms with Crippen molar-refractivity contribution in [3.05, 3.63) is 497 Å². The fourth-order valence-electron chi connectivity index (χ4n) is 23.9. The molecule has 0 aliphatic heterocycles. The second-order valence-corrected chi connectivity index (χ2v) is 38.0. The maximum atomic E-state index is 9.57. The number of rotatable bonds is 7. The van der Waals surface area contributed by atoms with Gasteiger partial charge in [0, 0.05) is 81.0 Å². The molecular weight excluding hydrogens is 1830 g/mol. The summed E-state index contributed by atoms with van der Waals surface area (Å²) in [5, 5.41) is 24.0. The van der Waals surface area contributed by atoms with Crippen molar-refractivity contribution >= 4 is 261 Å². The summed E-state index contributed by atoms with van der Waals surface area (Å²) in [5.41, 5.74) is 13.9. The van der Waals surface area contributed by atoms with Crippen LogP contribution in [0.4, 0.5) is 0 Å². The molecule has 0 unspecified atom stereocenters. The third kappa shape index (κ3) is 12.5. The Labute approximate surface area is 890 Å². The summed E-state index contributed by atoms with van der Waals surface area (Å²) in [5.74, 6) is 0. The van der Waals surface area contributed by atoms with Gasteiger partial charge in [-0.15, -0.1) is 0 Å². The van der Waals surface area contributed by atoms with Crippen LogP contribution in [0.25, 0.3) is 339 Å². The molecule has 0 bridgehead atoms. The normalized spacial score (nSPS) is 14.4. The molecule has 28 aromatic carbocycles. The van der Waals surface area contributed by atoms with Crippen LogP contribution >= 0.6 is 0 Å². The van der Waals surface area contributed by atoms with Gasteiger partial charge >= 0.3 is 0 Å². The minimum atomic E-state index is -0.454. The van der Waals surface area contributed by atoms with Gasteiger partial charge in [0.25, 0.3) is 0 Å². The van der Waals surface area contributed by atoms with Crippen molar-refractivity contribution in [2.45, 2.75) is 0 Å². The summed E-state index contributed by atoms with van der Waals surface area (Å²) in [6, 6.07) is 104. The summed E-state index contributed by atoms with van der Waals surface area (Å²) in [7, 11) is 0. The van der Waals surface area contributed by atoms with Crippen LogP contribution in [0.5, 0.6) is 0 Å². The fourth-order valence-corrected chi connectivity index (χ4v) is 23.9. The highest BCUT2D eigenvalue weighted by Gasteiger charge is 2.29. The highest BCUT2D eigenvalue weighted by atomic mass is 16.3. The van der Waals surface area contributed by atoms with Gasteiger partial charge in [0.05, 0.1) is 32.9 Å². The van der Waals surface area contributed by atoms with Crippen molar-refractivity contribution in [2.24, 2.45) is 0 Å². The van der Waals surface area contributed by atoms with Gasteiger partial charge in [-0.25, -0.2) is 0 Å². The molecule has 694 valence electrons. The van der Waals surface area contributed by atoms with Crippen LogP contribution in [0.1, 0.15) is 32.9 Å². The maximum absolute atomic E-state index is 9.57. The second-order valence-electron chi connectivity index (χ2n) is 38.0. The minimum Gasteiger partial charge on any atom is -0.456 e. The molecular formula is C144H82O6. The molecule has 0 fully saturated rings. The predicted octanol–water partition coefficient (Wildman–Crippen LogP) is 42.0. The van der Waals surface area contributed by atoms with Gasteiger partial charge in [-0.05, 0) is 270 Å². The Balaban J connectivity index is 0.000000110. The molecule has 0 amide bonds. The Morgan fingerprint density at radius 2 is 0.427 bits per heavy atom. The molecule has 0 saturated heterocycles. The first-order valence-corrected chi connectivity index (χ1v) is 49.4. The van der Waals surface area contributed by atoms with Crippen molar-refractivity contribution in [1.29, 1.82) is 0 Å². The smallest absolute Gasteiger partial charge is 0.143 e. The van der Waals surface area contributed by atoms with Gasteiger partial charge in [0.2, 0.25) is 0 Å². The van der Waals surface area contributed by atoms with E-state index in [2.05, 4.69) is 30.3 Å². The molecule has 6 heteroatoms. The third-order valence-corrected chi connectivity index (χ3v) is 30.3. The molecule has 0 aliphatic rings. The summed E-state index contributed by atoms with van der Waals surface area (Å²) in [6.07, 6.45) is 0. The van der Waals surface area contributed by atoms with E-state index in [0.29, 0.717) is 94.6 Å². The number of hydrogen-bond acceptors (Lipinski definition) is 6. The summed E-state index contributed by atoms with van der Waals surface area (Å²) >= 11 is 0. The van der Waals surface area contributed by atoms with E-state index in [1.54, 1.807) is 18.2 Å². The molecule has 0 N–H and O–H groups in total. The Morgan fingerprint density at radius 1 is 0.127 bits per heavy atom. The first kappa shape index (κ1) is 63.3. The predicted molar refractivity (Wildman–Crippen MR) is 631 cm³/mol.